The average molecular weight is 325 g/mol. The SMILES string of the molecule is CC(C)(C)OC(=O)N1CCN(C(=O)NC=C2CCOCC2)CC1. The van der Waals surface area contributed by atoms with Crippen molar-refractivity contribution in [1.29, 1.82) is 0 Å². The predicted molar refractivity (Wildman–Crippen MR) is 86.0 cm³/mol. The largest absolute Gasteiger partial charge is 0.444 e. The zero-order valence-corrected chi connectivity index (χ0v) is 14.3. The number of nitrogens with one attached hydrogen (secondary N) is 1. The number of amides is 3. The molecule has 0 radical (unpaired) electrons. The maximum absolute atomic E-state index is 12.2. The van der Waals surface area contributed by atoms with Gasteiger partial charge in [0.25, 0.3) is 0 Å². The van der Waals surface area contributed by atoms with E-state index in [9.17, 15) is 9.59 Å². The summed E-state index contributed by atoms with van der Waals surface area (Å²) >= 11 is 0. The van der Waals surface area contributed by atoms with Crippen LogP contribution in [0.15, 0.2) is 11.8 Å². The summed E-state index contributed by atoms with van der Waals surface area (Å²) in [6, 6.07) is -0.118. The third-order valence-electron chi connectivity index (χ3n) is 3.75. The summed E-state index contributed by atoms with van der Waals surface area (Å²) in [5.41, 5.74) is 0.707. The third kappa shape index (κ3) is 5.74. The Balaban J connectivity index is 1.75. The van der Waals surface area contributed by atoms with E-state index in [1.54, 1.807) is 16.0 Å². The van der Waals surface area contributed by atoms with Crippen LogP contribution >= 0.6 is 0 Å². The summed E-state index contributed by atoms with van der Waals surface area (Å²) in [5.74, 6) is 0. The lowest BCUT2D eigenvalue weighted by Gasteiger charge is -2.35. The summed E-state index contributed by atoms with van der Waals surface area (Å²) in [6.07, 6.45) is 3.21. The molecule has 0 spiro atoms. The Morgan fingerprint density at radius 3 is 2.22 bits per heavy atom. The van der Waals surface area contributed by atoms with E-state index < -0.39 is 5.60 Å². The van der Waals surface area contributed by atoms with Gasteiger partial charge in [0, 0.05) is 32.4 Å². The predicted octanol–water partition coefficient (Wildman–Crippen LogP) is 1.94. The molecule has 0 bridgehead atoms. The number of carbonyl (C=O) groups excluding carboxylic acids is 2. The second-order valence-electron chi connectivity index (χ2n) is 6.82. The summed E-state index contributed by atoms with van der Waals surface area (Å²) in [7, 11) is 0. The molecule has 2 rings (SSSR count). The molecule has 2 heterocycles. The van der Waals surface area contributed by atoms with Gasteiger partial charge < -0.3 is 24.6 Å². The van der Waals surface area contributed by atoms with E-state index in [0.717, 1.165) is 26.1 Å². The Kier molecular flexibility index (Phi) is 5.87. The van der Waals surface area contributed by atoms with Gasteiger partial charge in [-0.2, -0.15) is 0 Å². The Morgan fingerprint density at radius 1 is 1.09 bits per heavy atom. The zero-order chi connectivity index (χ0) is 16.9. The minimum absolute atomic E-state index is 0.118. The molecule has 0 atom stereocenters. The number of ether oxygens (including phenoxy) is 2. The molecule has 2 saturated heterocycles. The Labute approximate surface area is 137 Å². The molecule has 0 saturated carbocycles. The van der Waals surface area contributed by atoms with Gasteiger partial charge >= 0.3 is 12.1 Å². The number of hydrogen-bond acceptors (Lipinski definition) is 4. The van der Waals surface area contributed by atoms with Crippen LogP contribution in [0.4, 0.5) is 9.59 Å². The van der Waals surface area contributed by atoms with Gasteiger partial charge in [-0.05, 0) is 39.2 Å². The van der Waals surface area contributed by atoms with Crippen molar-refractivity contribution in [2.45, 2.75) is 39.2 Å². The van der Waals surface area contributed by atoms with Gasteiger partial charge in [-0.3, -0.25) is 0 Å². The summed E-state index contributed by atoms with van der Waals surface area (Å²) in [5, 5.41) is 2.84. The first kappa shape index (κ1) is 17.6. The molecular formula is C16H27N3O4. The van der Waals surface area contributed by atoms with Crippen LogP contribution in [0.1, 0.15) is 33.6 Å². The van der Waals surface area contributed by atoms with Crippen molar-refractivity contribution in [2.75, 3.05) is 39.4 Å². The highest BCUT2D eigenvalue weighted by molar-refractivity contribution is 5.76. The van der Waals surface area contributed by atoms with E-state index in [-0.39, 0.29) is 12.1 Å². The van der Waals surface area contributed by atoms with E-state index in [1.807, 2.05) is 20.8 Å². The van der Waals surface area contributed by atoms with E-state index >= 15 is 0 Å². The highest BCUT2D eigenvalue weighted by Gasteiger charge is 2.27. The van der Waals surface area contributed by atoms with Crippen molar-refractivity contribution in [3.8, 4) is 0 Å². The fourth-order valence-electron chi connectivity index (χ4n) is 2.45. The average Bonchev–Trinajstić information content (AvgIpc) is 2.52. The van der Waals surface area contributed by atoms with Crippen LogP contribution in [0.5, 0.6) is 0 Å². The van der Waals surface area contributed by atoms with Crippen LogP contribution in [-0.2, 0) is 9.47 Å². The highest BCUT2D eigenvalue weighted by Crippen LogP contribution is 2.13. The zero-order valence-electron chi connectivity index (χ0n) is 14.3. The first-order valence-electron chi connectivity index (χ1n) is 8.14. The highest BCUT2D eigenvalue weighted by atomic mass is 16.6. The number of nitrogens with zero attached hydrogens (tertiary/aromatic N) is 2. The van der Waals surface area contributed by atoms with Crippen LogP contribution in [-0.4, -0.2) is 66.9 Å². The maximum atomic E-state index is 12.2. The monoisotopic (exact) mass is 325 g/mol. The van der Waals surface area contributed by atoms with Crippen molar-refractivity contribution in [2.24, 2.45) is 0 Å². The third-order valence-corrected chi connectivity index (χ3v) is 3.75. The molecule has 0 aromatic carbocycles. The van der Waals surface area contributed by atoms with Crippen LogP contribution in [0, 0.1) is 0 Å². The van der Waals surface area contributed by atoms with Gasteiger partial charge in [0.2, 0.25) is 0 Å². The quantitative estimate of drug-likeness (QED) is 0.800. The normalized spacial score (nSPS) is 19.3. The lowest BCUT2D eigenvalue weighted by molar-refractivity contribution is 0.0171. The van der Waals surface area contributed by atoms with Crippen LogP contribution in [0.3, 0.4) is 0 Å². The van der Waals surface area contributed by atoms with Crippen molar-refractivity contribution in [1.82, 2.24) is 15.1 Å². The molecule has 7 heteroatoms. The van der Waals surface area contributed by atoms with Crippen molar-refractivity contribution in [3.63, 3.8) is 0 Å². The molecule has 2 aliphatic heterocycles. The van der Waals surface area contributed by atoms with Crippen LogP contribution in [0.25, 0.3) is 0 Å². The second-order valence-corrected chi connectivity index (χ2v) is 6.82. The standard InChI is InChI=1S/C16H27N3O4/c1-16(2,3)23-15(21)19-8-6-18(7-9-19)14(20)17-12-13-4-10-22-11-5-13/h12H,4-11H2,1-3H3,(H,17,20). The Hall–Kier alpha value is -1.76. The molecule has 2 fully saturated rings. The van der Waals surface area contributed by atoms with Crippen molar-refractivity contribution in [3.05, 3.63) is 11.8 Å². The topological polar surface area (TPSA) is 71.1 Å². The Bertz CT molecular complexity index is 454. The van der Waals surface area contributed by atoms with E-state index in [0.29, 0.717) is 26.2 Å². The smallest absolute Gasteiger partial charge is 0.410 e. The molecule has 130 valence electrons. The van der Waals surface area contributed by atoms with E-state index in [4.69, 9.17) is 9.47 Å². The summed E-state index contributed by atoms with van der Waals surface area (Å²) in [6.45, 7) is 8.98. The Morgan fingerprint density at radius 2 is 1.65 bits per heavy atom. The maximum Gasteiger partial charge on any atom is 0.410 e. The minimum Gasteiger partial charge on any atom is -0.444 e. The minimum atomic E-state index is -0.499. The molecule has 0 aliphatic carbocycles. The van der Waals surface area contributed by atoms with Crippen molar-refractivity contribution >= 4 is 12.1 Å². The first-order chi connectivity index (χ1) is 10.8. The molecule has 0 aromatic rings. The molecule has 7 nitrogen and oxygen atoms in total. The van der Waals surface area contributed by atoms with Gasteiger partial charge in [-0.15, -0.1) is 0 Å². The lowest BCUT2D eigenvalue weighted by atomic mass is 10.1. The van der Waals surface area contributed by atoms with E-state index in [1.165, 1.54) is 5.57 Å². The lowest BCUT2D eigenvalue weighted by Crippen LogP contribution is -2.53. The van der Waals surface area contributed by atoms with Gasteiger partial charge in [0.1, 0.15) is 5.60 Å². The van der Waals surface area contributed by atoms with Gasteiger partial charge in [-0.25, -0.2) is 9.59 Å². The van der Waals surface area contributed by atoms with Crippen LogP contribution < -0.4 is 5.32 Å². The number of carbonyl (C=O) groups is 2. The molecule has 2 aliphatic rings. The van der Waals surface area contributed by atoms with Gasteiger partial charge in [0.15, 0.2) is 0 Å². The fourth-order valence-corrected chi connectivity index (χ4v) is 2.45. The number of rotatable bonds is 1. The van der Waals surface area contributed by atoms with Crippen molar-refractivity contribution < 1.29 is 19.1 Å². The van der Waals surface area contributed by atoms with Crippen LogP contribution in [0.2, 0.25) is 0 Å². The number of hydrogen-bond donors (Lipinski definition) is 1. The van der Waals surface area contributed by atoms with Gasteiger partial charge in [-0.1, -0.05) is 0 Å². The molecule has 1 N–H and O–H groups in total. The molecule has 0 unspecified atom stereocenters. The summed E-state index contributed by atoms with van der Waals surface area (Å²) in [4.78, 5) is 27.5. The van der Waals surface area contributed by atoms with E-state index in [2.05, 4.69) is 5.32 Å². The van der Waals surface area contributed by atoms with Gasteiger partial charge in [0.05, 0.1) is 13.2 Å². The molecular weight excluding hydrogens is 298 g/mol. The fraction of sp³-hybridized carbons (Fsp3) is 0.750. The number of urea groups is 1. The number of piperazine rings is 1. The summed E-state index contributed by atoms with van der Waals surface area (Å²) < 4.78 is 10.6. The first-order valence-corrected chi connectivity index (χ1v) is 8.14. The molecule has 3 amide bonds. The second kappa shape index (κ2) is 7.68. The molecule has 23 heavy (non-hydrogen) atoms. The molecule has 0 aromatic heterocycles.